The van der Waals surface area contributed by atoms with Crippen molar-refractivity contribution in [2.45, 2.75) is 12.3 Å². The maximum atomic E-state index is 12.8. The van der Waals surface area contributed by atoms with E-state index in [9.17, 15) is 18.0 Å². The van der Waals surface area contributed by atoms with Gasteiger partial charge in [-0.15, -0.1) is 0 Å². The molecule has 1 unspecified atom stereocenters. The Labute approximate surface area is 105 Å². The van der Waals surface area contributed by atoms with E-state index < -0.39 is 18.4 Å². The van der Waals surface area contributed by atoms with E-state index in [0.29, 0.717) is 4.90 Å². The number of benzene rings is 1. The number of halogens is 4. The molecule has 0 aliphatic carbocycles. The summed E-state index contributed by atoms with van der Waals surface area (Å²) >= 11 is 5.64. The molecule has 2 rings (SSSR count). The van der Waals surface area contributed by atoms with Gasteiger partial charge in [0.15, 0.2) is 0 Å². The van der Waals surface area contributed by atoms with Crippen LogP contribution in [-0.4, -0.2) is 12.3 Å². The van der Waals surface area contributed by atoms with E-state index in [-0.39, 0.29) is 16.3 Å². The van der Waals surface area contributed by atoms with Gasteiger partial charge < -0.3 is 4.74 Å². The third-order valence-corrected chi connectivity index (χ3v) is 2.58. The van der Waals surface area contributed by atoms with Crippen molar-refractivity contribution in [3.8, 4) is 12.5 Å². The summed E-state index contributed by atoms with van der Waals surface area (Å²) in [6, 6.07) is 5.62. The molecule has 7 heteroatoms. The molecule has 1 atom stereocenters. The van der Waals surface area contributed by atoms with Crippen molar-refractivity contribution in [1.82, 2.24) is 0 Å². The zero-order valence-corrected chi connectivity index (χ0v) is 9.42. The first kappa shape index (κ1) is 12.6. The van der Waals surface area contributed by atoms with E-state index >= 15 is 0 Å². The molecule has 1 aliphatic heterocycles. The Morgan fingerprint density at radius 3 is 2.67 bits per heavy atom. The highest BCUT2D eigenvalue weighted by atomic mass is 35.5. The summed E-state index contributed by atoms with van der Waals surface area (Å²) in [7, 11) is 0. The normalized spacial score (nSPS) is 18.9. The minimum Gasteiger partial charge on any atom is -0.430 e. The molecule has 1 aliphatic rings. The Morgan fingerprint density at radius 2 is 2.11 bits per heavy atom. The van der Waals surface area contributed by atoms with Gasteiger partial charge in [0.05, 0.1) is 5.69 Å². The van der Waals surface area contributed by atoms with Crippen LogP contribution >= 0.6 is 11.6 Å². The van der Waals surface area contributed by atoms with E-state index in [1.54, 1.807) is 0 Å². The second kappa shape index (κ2) is 4.10. The average molecular weight is 276 g/mol. The van der Waals surface area contributed by atoms with Crippen molar-refractivity contribution >= 4 is 23.4 Å². The Bertz CT molecular complexity index is 550. The summed E-state index contributed by atoms with van der Waals surface area (Å²) in [4.78, 5) is 12.0. The highest BCUT2D eigenvalue weighted by molar-refractivity contribution is 6.30. The van der Waals surface area contributed by atoms with Crippen LogP contribution in [0.4, 0.5) is 23.7 Å². The lowest BCUT2D eigenvalue weighted by Gasteiger charge is -2.31. The number of ether oxygens (including phenoxy) is 1. The minimum atomic E-state index is -4.73. The van der Waals surface area contributed by atoms with Crippen molar-refractivity contribution in [2.24, 2.45) is 0 Å². The largest absolute Gasteiger partial charge is 0.430 e. The third-order valence-electron chi connectivity index (χ3n) is 2.34. The summed E-state index contributed by atoms with van der Waals surface area (Å²) in [5.74, 6) is 0. The summed E-state index contributed by atoms with van der Waals surface area (Å²) < 4.78 is 42.6. The van der Waals surface area contributed by atoms with E-state index in [2.05, 4.69) is 4.74 Å². The molecular weight excluding hydrogens is 271 g/mol. The van der Waals surface area contributed by atoms with Gasteiger partial charge in [0.2, 0.25) is 6.10 Å². The molecule has 0 radical (unpaired) electrons. The van der Waals surface area contributed by atoms with Gasteiger partial charge in [0.1, 0.15) is 0 Å². The maximum Gasteiger partial charge on any atom is 0.430 e. The first-order chi connectivity index (χ1) is 8.34. The summed E-state index contributed by atoms with van der Waals surface area (Å²) in [5.41, 5.74) is -0.340. The second-order valence-electron chi connectivity index (χ2n) is 3.47. The Hall–Kier alpha value is -1.87. The standard InChI is InChI=1S/C11H5ClF3NO2/c1-2-16-8-4-3-6(12)5-7(8)9(11(13,14)15)18-10(16)17/h1,3-5,9H. The molecule has 0 fully saturated rings. The van der Waals surface area contributed by atoms with Crippen LogP contribution in [-0.2, 0) is 4.74 Å². The lowest BCUT2D eigenvalue weighted by molar-refractivity contribution is -0.206. The van der Waals surface area contributed by atoms with E-state index in [1.807, 2.05) is 6.04 Å². The number of anilines is 1. The fourth-order valence-corrected chi connectivity index (χ4v) is 1.80. The van der Waals surface area contributed by atoms with E-state index in [1.165, 1.54) is 12.1 Å². The smallest absolute Gasteiger partial charge is 0.430 e. The SMILES string of the molecule is C#CN1C(=O)OC(C(F)(F)F)c2cc(Cl)ccc21. The first-order valence-corrected chi connectivity index (χ1v) is 5.05. The number of nitrogens with zero attached hydrogens (tertiary/aromatic N) is 1. The maximum absolute atomic E-state index is 12.8. The number of fused-ring (bicyclic) bond motifs is 1. The van der Waals surface area contributed by atoms with Crippen molar-refractivity contribution < 1.29 is 22.7 Å². The van der Waals surface area contributed by atoms with Gasteiger partial charge in [-0.05, 0) is 18.2 Å². The van der Waals surface area contributed by atoms with E-state index in [4.69, 9.17) is 18.0 Å². The van der Waals surface area contributed by atoms with Crippen LogP contribution in [0.2, 0.25) is 5.02 Å². The summed E-state index contributed by atoms with van der Waals surface area (Å²) in [5, 5.41) is 0.0953. The van der Waals surface area contributed by atoms with Crippen LogP contribution < -0.4 is 4.90 Å². The molecule has 94 valence electrons. The lowest BCUT2D eigenvalue weighted by atomic mass is 10.0. The predicted octanol–water partition coefficient (Wildman–Crippen LogP) is 3.49. The number of hydrogen-bond acceptors (Lipinski definition) is 2. The Morgan fingerprint density at radius 1 is 1.44 bits per heavy atom. The minimum absolute atomic E-state index is 0.0551. The van der Waals surface area contributed by atoms with Crippen LogP contribution in [0.25, 0.3) is 0 Å². The van der Waals surface area contributed by atoms with Gasteiger partial charge in [0, 0.05) is 16.6 Å². The number of carbonyl (C=O) groups is 1. The molecule has 0 N–H and O–H groups in total. The number of amides is 1. The number of cyclic esters (lactones) is 1. The van der Waals surface area contributed by atoms with Gasteiger partial charge >= 0.3 is 12.3 Å². The molecule has 0 bridgehead atoms. The number of hydrogen-bond donors (Lipinski definition) is 0. The second-order valence-corrected chi connectivity index (χ2v) is 3.91. The molecule has 18 heavy (non-hydrogen) atoms. The fourth-order valence-electron chi connectivity index (χ4n) is 1.62. The number of alkyl halides is 3. The third kappa shape index (κ3) is 1.97. The highest BCUT2D eigenvalue weighted by Gasteiger charge is 2.49. The van der Waals surface area contributed by atoms with E-state index in [0.717, 1.165) is 6.07 Å². The van der Waals surface area contributed by atoms with Crippen LogP contribution in [0.5, 0.6) is 0 Å². The molecule has 3 nitrogen and oxygen atoms in total. The number of rotatable bonds is 0. The van der Waals surface area contributed by atoms with Crippen molar-refractivity contribution in [3.63, 3.8) is 0 Å². The van der Waals surface area contributed by atoms with Gasteiger partial charge in [-0.2, -0.15) is 13.2 Å². The summed E-state index contributed by atoms with van der Waals surface area (Å²) in [6.07, 6.45) is -3.26. The van der Waals surface area contributed by atoms with Gasteiger partial charge in [-0.1, -0.05) is 18.0 Å². The fraction of sp³-hybridized carbons (Fsp3) is 0.182. The topological polar surface area (TPSA) is 29.5 Å². The summed E-state index contributed by atoms with van der Waals surface area (Å²) in [6.45, 7) is 0. The quantitative estimate of drug-likeness (QED) is 0.678. The molecule has 0 aromatic heterocycles. The molecule has 1 amide bonds. The number of carbonyl (C=O) groups excluding carboxylic acids is 1. The van der Waals surface area contributed by atoms with Crippen LogP contribution in [0, 0.1) is 12.5 Å². The van der Waals surface area contributed by atoms with Gasteiger partial charge in [0.25, 0.3) is 0 Å². The van der Waals surface area contributed by atoms with Crippen LogP contribution in [0.1, 0.15) is 11.7 Å². The van der Waals surface area contributed by atoms with Crippen LogP contribution in [0.3, 0.4) is 0 Å². The molecule has 1 aromatic rings. The Kier molecular flexibility index (Phi) is 2.87. The lowest BCUT2D eigenvalue weighted by Crippen LogP contribution is -2.38. The molecule has 1 heterocycles. The highest BCUT2D eigenvalue weighted by Crippen LogP contribution is 2.44. The van der Waals surface area contributed by atoms with Gasteiger partial charge in [-0.3, -0.25) is 0 Å². The van der Waals surface area contributed by atoms with Gasteiger partial charge in [-0.25, -0.2) is 9.69 Å². The zero-order chi connectivity index (χ0) is 13.5. The van der Waals surface area contributed by atoms with Crippen molar-refractivity contribution in [3.05, 3.63) is 28.8 Å². The predicted molar refractivity (Wildman–Crippen MR) is 58.0 cm³/mol. The van der Waals surface area contributed by atoms with Crippen LogP contribution in [0.15, 0.2) is 18.2 Å². The average Bonchev–Trinajstić information content (AvgIpc) is 2.27. The molecule has 0 saturated carbocycles. The molecule has 0 saturated heterocycles. The monoisotopic (exact) mass is 275 g/mol. The molecule has 1 aromatic carbocycles. The Balaban J connectivity index is 2.62. The zero-order valence-electron chi connectivity index (χ0n) is 8.66. The number of terminal acetylenes is 1. The van der Waals surface area contributed by atoms with Crippen molar-refractivity contribution in [2.75, 3.05) is 4.90 Å². The van der Waals surface area contributed by atoms with Crippen molar-refractivity contribution in [1.29, 1.82) is 0 Å². The first-order valence-electron chi connectivity index (χ1n) is 4.67. The molecule has 0 spiro atoms. The molecular formula is C11H5ClF3NO2.